The second-order valence-electron chi connectivity index (χ2n) is 7.69. The summed E-state index contributed by atoms with van der Waals surface area (Å²) < 4.78 is 7.40. The first-order valence-corrected chi connectivity index (χ1v) is 10.8. The highest BCUT2D eigenvalue weighted by molar-refractivity contribution is 5.70. The molecule has 0 spiro atoms. The van der Waals surface area contributed by atoms with Gasteiger partial charge in [-0.1, -0.05) is 60.7 Å². The predicted octanol–water partition coefficient (Wildman–Crippen LogP) is 5.02. The molecular formula is C25H31N3O2. The van der Waals surface area contributed by atoms with Crippen molar-refractivity contribution in [1.29, 1.82) is 0 Å². The van der Waals surface area contributed by atoms with E-state index in [2.05, 4.69) is 42.4 Å². The maximum absolute atomic E-state index is 12.6. The van der Waals surface area contributed by atoms with Gasteiger partial charge in [0.05, 0.1) is 12.1 Å². The van der Waals surface area contributed by atoms with E-state index in [1.807, 2.05) is 48.1 Å². The van der Waals surface area contributed by atoms with Gasteiger partial charge in [0, 0.05) is 12.7 Å². The molecule has 1 atom stereocenters. The molecule has 0 fully saturated rings. The van der Waals surface area contributed by atoms with E-state index in [0.29, 0.717) is 13.0 Å². The van der Waals surface area contributed by atoms with Gasteiger partial charge in [-0.2, -0.15) is 0 Å². The molecule has 158 valence electrons. The van der Waals surface area contributed by atoms with Crippen molar-refractivity contribution in [3.63, 3.8) is 0 Å². The Morgan fingerprint density at radius 2 is 1.93 bits per heavy atom. The van der Waals surface area contributed by atoms with Crippen LogP contribution in [-0.4, -0.2) is 21.0 Å². The quantitative estimate of drug-likeness (QED) is 0.445. The molecule has 0 N–H and O–H groups in total. The van der Waals surface area contributed by atoms with Gasteiger partial charge in [-0.05, 0) is 61.3 Å². The Labute approximate surface area is 179 Å². The number of aryl methyl sites for hydroxylation is 4. The number of nitrogens with zero attached hydrogens (tertiary/aromatic N) is 3. The molecule has 30 heavy (non-hydrogen) atoms. The molecule has 0 bridgehead atoms. The summed E-state index contributed by atoms with van der Waals surface area (Å²) in [6.45, 7) is 7.46. The Hall–Kier alpha value is -2.95. The van der Waals surface area contributed by atoms with Gasteiger partial charge in [-0.15, -0.1) is 5.10 Å². The maximum atomic E-state index is 12.6. The molecule has 0 aliphatic rings. The molecule has 5 heteroatoms. The number of aromatic nitrogens is 3. The highest BCUT2D eigenvalue weighted by atomic mass is 16.5. The van der Waals surface area contributed by atoms with Crippen LogP contribution in [0, 0.1) is 6.92 Å². The molecule has 0 saturated carbocycles. The van der Waals surface area contributed by atoms with E-state index >= 15 is 0 Å². The number of benzene rings is 2. The predicted molar refractivity (Wildman–Crippen MR) is 118 cm³/mol. The number of esters is 1. The lowest BCUT2D eigenvalue weighted by atomic mass is 9.88. The van der Waals surface area contributed by atoms with Crippen LogP contribution in [0.5, 0.6) is 0 Å². The van der Waals surface area contributed by atoms with Crippen LogP contribution in [0.1, 0.15) is 60.6 Å². The highest BCUT2D eigenvalue weighted by Gasteiger charge is 2.19. The molecule has 0 aliphatic carbocycles. The molecule has 0 aliphatic heterocycles. The van der Waals surface area contributed by atoms with Crippen molar-refractivity contribution < 1.29 is 9.53 Å². The van der Waals surface area contributed by atoms with Crippen LogP contribution in [0.25, 0.3) is 0 Å². The first-order chi connectivity index (χ1) is 14.6. The Morgan fingerprint density at radius 3 is 2.63 bits per heavy atom. The van der Waals surface area contributed by atoms with Gasteiger partial charge >= 0.3 is 5.97 Å². The molecule has 0 saturated heterocycles. The van der Waals surface area contributed by atoms with Gasteiger partial charge in [0.25, 0.3) is 0 Å². The van der Waals surface area contributed by atoms with E-state index in [9.17, 15) is 4.79 Å². The largest absolute Gasteiger partial charge is 0.461 e. The number of hydrogen-bond donors (Lipinski definition) is 0. The number of carbonyl (C=O) groups is 1. The lowest BCUT2D eigenvalue weighted by molar-refractivity contribution is -0.145. The molecule has 1 heterocycles. The molecule has 3 aromatic rings. The van der Waals surface area contributed by atoms with Crippen LogP contribution >= 0.6 is 0 Å². The minimum Gasteiger partial charge on any atom is -0.461 e. The third-order valence-corrected chi connectivity index (χ3v) is 5.54. The molecule has 2 aromatic carbocycles. The normalized spacial score (nSPS) is 12.0. The van der Waals surface area contributed by atoms with Crippen molar-refractivity contribution >= 4 is 5.97 Å². The number of carbonyl (C=O) groups excluding carboxylic acids is 1. The Kier molecular flexibility index (Phi) is 7.77. The number of hydrogen-bond acceptors (Lipinski definition) is 4. The van der Waals surface area contributed by atoms with Crippen LogP contribution in [-0.2, 0) is 35.5 Å². The highest BCUT2D eigenvalue weighted by Crippen LogP contribution is 2.28. The third-order valence-electron chi connectivity index (χ3n) is 5.54. The fraction of sp³-hybridized carbons (Fsp3) is 0.400. The Morgan fingerprint density at radius 1 is 1.13 bits per heavy atom. The Bertz CT molecular complexity index is 950. The van der Waals surface area contributed by atoms with Crippen molar-refractivity contribution in [2.45, 2.75) is 65.5 Å². The van der Waals surface area contributed by atoms with Crippen LogP contribution < -0.4 is 0 Å². The van der Waals surface area contributed by atoms with Gasteiger partial charge < -0.3 is 4.74 Å². The second kappa shape index (κ2) is 10.7. The van der Waals surface area contributed by atoms with Gasteiger partial charge in [0.15, 0.2) is 0 Å². The van der Waals surface area contributed by atoms with Crippen molar-refractivity contribution in [1.82, 2.24) is 15.0 Å². The van der Waals surface area contributed by atoms with E-state index in [-0.39, 0.29) is 11.9 Å². The summed E-state index contributed by atoms with van der Waals surface area (Å²) in [5.74, 6) is -0.0781. The van der Waals surface area contributed by atoms with Crippen LogP contribution in [0.15, 0.2) is 54.7 Å². The van der Waals surface area contributed by atoms with Gasteiger partial charge in [-0.3, -0.25) is 9.48 Å². The standard InChI is InChI=1S/C25H31N3O2/c1-4-21-15-22(12-11-19(21)3)23(13-14-24-17-28(5-2)27-26-24)16-25(29)30-18-20-9-7-6-8-10-20/h6-12,15,17,23H,4-5,13-14,16,18H2,1-3H3. The van der Waals surface area contributed by atoms with Crippen LogP contribution in [0.4, 0.5) is 0 Å². The van der Waals surface area contributed by atoms with Crippen LogP contribution in [0.3, 0.4) is 0 Å². The molecule has 5 nitrogen and oxygen atoms in total. The summed E-state index contributed by atoms with van der Waals surface area (Å²) >= 11 is 0. The number of rotatable bonds is 10. The zero-order valence-electron chi connectivity index (χ0n) is 18.2. The van der Waals surface area contributed by atoms with E-state index in [0.717, 1.165) is 37.1 Å². The van der Waals surface area contributed by atoms with Crippen LogP contribution in [0.2, 0.25) is 0 Å². The van der Waals surface area contributed by atoms with Gasteiger partial charge in [-0.25, -0.2) is 0 Å². The maximum Gasteiger partial charge on any atom is 0.306 e. The van der Waals surface area contributed by atoms with Crippen molar-refractivity contribution in [2.24, 2.45) is 0 Å². The van der Waals surface area contributed by atoms with E-state index in [1.54, 1.807) is 0 Å². The molecular weight excluding hydrogens is 374 g/mol. The SMILES string of the molecule is CCc1cc(C(CCc2cn(CC)nn2)CC(=O)OCc2ccccc2)ccc1C. The van der Waals surface area contributed by atoms with E-state index in [4.69, 9.17) is 4.74 Å². The average molecular weight is 406 g/mol. The number of ether oxygens (including phenoxy) is 1. The lowest BCUT2D eigenvalue weighted by Gasteiger charge is -2.18. The fourth-order valence-corrected chi connectivity index (χ4v) is 3.64. The van der Waals surface area contributed by atoms with E-state index in [1.165, 1.54) is 16.7 Å². The molecule has 0 amide bonds. The summed E-state index contributed by atoms with van der Waals surface area (Å²) in [4.78, 5) is 12.6. The zero-order valence-corrected chi connectivity index (χ0v) is 18.2. The topological polar surface area (TPSA) is 57.0 Å². The molecule has 1 unspecified atom stereocenters. The summed E-state index contributed by atoms with van der Waals surface area (Å²) in [6.07, 6.45) is 4.94. The second-order valence-corrected chi connectivity index (χ2v) is 7.69. The van der Waals surface area contributed by atoms with Gasteiger partial charge in [0.2, 0.25) is 0 Å². The first kappa shape index (κ1) is 21.8. The molecule has 3 rings (SSSR count). The summed E-state index contributed by atoms with van der Waals surface area (Å²) in [7, 11) is 0. The first-order valence-electron chi connectivity index (χ1n) is 10.8. The molecule has 1 aromatic heterocycles. The third kappa shape index (κ3) is 6.02. The zero-order chi connectivity index (χ0) is 21.3. The summed E-state index contributed by atoms with van der Waals surface area (Å²) in [5, 5.41) is 8.38. The minimum absolute atomic E-state index is 0.0888. The van der Waals surface area contributed by atoms with Crippen molar-refractivity contribution in [3.05, 3.63) is 82.7 Å². The minimum atomic E-state index is -0.167. The summed E-state index contributed by atoms with van der Waals surface area (Å²) in [5.41, 5.74) is 5.77. The molecule has 0 radical (unpaired) electrons. The fourth-order valence-electron chi connectivity index (χ4n) is 3.64. The average Bonchev–Trinajstić information content (AvgIpc) is 3.24. The van der Waals surface area contributed by atoms with Crippen molar-refractivity contribution in [3.8, 4) is 0 Å². The van der Waals surface area contributed by atoms with Crippen molar-refractivity contribution in [2.75, 3.05) is 0 Å². The summed E-state index contributed by atoms with van der Waals surface area (Å²) in [6, 6.07) is 16.3. The van der Waals surface area contributed by atoms with E-state index < -0.39 is 0 Å². The van der Waals surface area contributed by atoms with Gasteiger partial charge in [0.1, 0.15) is 6.61 Å². The smallest absolute Gasteiger partial charge is 0.306 e. The Balaban J connectivity index is 1.70. The lowest BCUT2D eigenvalue weighted by Crippen LogP contribution is -2.12. The monoisotopic (exact) mass is 405 g/mol.